The fraction of sp³-hybridized carbons (Fsp3) is 0.353. The lowest BCUT2D eigenvalue weighted by molar-refractivity contribution is 0.157. The molecule has 3 rings (SSSR count). The van der Waals surface area contributed by atoms with Crippen LogP contribution in [0.15, 0.2) is 29.1 Å². The molecule has 2 aromatic rings. The molecule has 0 saturated carbocycles. The van der Waals surface area contributed by atoms with Gasteiger partial charge in [-0.05, 0) is 24.1 Å². The van der Waals surface area contributed by atoms with Crippen molar-refractivity contribution >= 4 is 5.95 Å². The second-order valence-corrected chi connectivity index (χ2v) is 5.56. The van der Waals surface area contributed by atoms with E-state index in [9.17, 15) is 4.79 Å². The summed E-state index contributed by atoms with van der Waals surface area (Å²) in [5.74, 6) is 0.428. The zero-order valence-corrected chi connectivity index (χ0v) is 13.5. The third-order valence-corrected chi connectivity index (χ3v) is 4.03. The summed E-state index contributed by atoms with van der Waals surface area (Å²) in [6, 6.07) is 9.55. The van der Waals surface area contributed by atoms with Crippen LogP contribution in [0.5, 0.6) is 0 Å². The van der Waals surface area contributed by atoms with Crippen LogP contribution in [-0.2, 0) is 19.4 Å². The Morgan fingerprint density at radius 3 is 2.92 bits per heavy atom. The number of benzene rings is 1. The Bertz CT molecular complexity index is 821. The highest BCUT2D eigenvalue weighted by molar-refractivity contribution is 5.34. The summed E-state index contributed by atoms with van der Waals surface area (Å²) in [6.07, 6.45) is 1.49. The van der Waals surface area contributed by atoms with E-state index in [0.29, 0.717) is 30.2 Å². The number of hydrogen-bond donors (Lipinski definition) is 2. The Hall–Kier alpha value is -2.85. The number of rotatable bonds is 5. The van der Waals surface area contributed by atoms with E-state index in [1.165, 1.54) is 11.8 Å². The Kier molecular flexibility index (Phi) is 4.77. The van der Waals surface area contributed by atoms with Gasteiger partial charge in [0.05, 0.1) is 22.9 Å². The van der Waals surface area contributed by atoms with Gasteiger partial charge in [-0.3, -0.25) is 4.79 Å². The van der Waals surface area contributed by atoms with E-state index in [0.717, 1.165) is 30.6 Å². The van der Waals surface area contributed by atoms with Crippen LogP contribution in [-0.4, -0.2) is 29.9 Å². The minimum atomic E-state index is -0.171. The first kappa shape index (κ1) is 16.0. The van der Waals surface area contributed by atoms with Gasteiger partial charge in [0, 0.05) is 26.1 Å². The fourth-order valence-electron chi connectivity index (χ4n) is 2.73. The first-order valence-corrected chi connectivity index (χ1v) is 7.86. The highest BCUT2D eigenvalue weighted by atomic mass is 16.7. The van der Waals surface area contributed by atoms with Crippen LogP contribution in [0, 0.1) is 11.3 Å². The fourth-order valence-corrected chi connectivity index (χ4v) is 2.73. The van der Waals surface area contributed by atoms with Gasteiger partial charge >= 0.3 is 0 Å². The van der Waals surface area contributed by atoms with Gasteiger partial charge in [0.25, 0.3) is 5.56 Å². The Labute approximate surface area is 139 Å². The topological polar surface area (TPSA) is 92.0 Å². The summed E-state index contributed by atoms with van der Waals surface area (Å²) >= 11 is 0. The highest BCUT2D eigenvalue weighted by Crippen LogP contribution is 2.11. The van der Waals surface area contributed by atoms with E-state index >= 15 is 0 Å². The van der Waals surface area contributed by atoms with Crippen molar-refractivity contribution in [3.63, 3.8) is 0 Å². The van der Waals surface area contributed by atoms with Crippen LogP contribution in [0.2, 0.25) is 0 Å². The second-order valence-electron chi connectivity index (χ2n) is 5.56. The molecule has 0 radical (unpaired) electrons. The van der Waals surface area contributed by atoms with Crippen LogP contribution in [0.1, 0.15) is 22.4 Å². The lowest BCUT2D eigenvalue weighted by Gasteiger charge is -2.19. The van der Waals surface area contributed by atoms with Crippen molar-refractivity contribution in [1.29, 1.82) is 5.26 Å². The zero-order valence-electron chi connectivity index (χ0n) is 13.5. The molecule has 1 aromatic carbocycles. The number of hydrogen-bond acceptors (Lipinski definition) is 6. The summed E-state index contributed by atoms with van der Waals surface area (Å²) in [4.78, 5) is 22.2. The summed E-state index contributed by atoms with van der Waals surface area (Å²) in [6.45, 7) is 1.95. The molecular formula is C17H19N5O2. The summed E-state index contributed by atoms with van der Waals surface area (Å²) in [5.41, 5.74) is 3.07. The molecule has 0 fully saturated rings. The van der Waals surface area contributed by atoms with Gasteiger partial charge in [0.1, 0.15) is 7.11 Å². The van der Waals surface area contributed by atoms with Crippen molar-refractivity contribution in [2.45, 2.75) is 19.4 Å². The van der Waals surface area contributed by atoms with Crippen molar-refractivity contribution in [2.75, 3.05) is 25.5 Å². The number of nitriles is 1. The molecule has 0 saturated heterocycles. The van der Waals surface area contributed by atoms with Gasteiger partial charge < -0.3 is 15.5 Å². The number of fused-ring (bicyclic) bond motifs is 1. The SMILES string of the molecule is COn1c(NCCc2ccc(C#N)cc2)nc2c(c1=O)CNCC2. The molecular weight excluding hydrogens is 306 g/mol. The third kappa shape index (κ3) is 3.24. The quantitative estimate of drug-likeness (QED) is 0.830. The molecule has 24 heavy (non-hydrogen) atoms. The summed E-state index contributed by atoms with van der Waals surface area (Å²) in [7, 11) is 1.46. The lowest BCUT2D eigenvalue weighted by atomic mass is 10.1. The van der Waals surface area contributed by atoms with Gasteiger partial charge in [-0.25, -0.2) is 4.98 Å². The second kappa shape index (κ2) is 7.15. The monoisotopic (exact) mass is 325 g/mol. The van der Waals surface area contributed by atoms with Gasteiger partial charge in [0.15, 0.2) is 0 Å². The molecule has 7 nitrogen and oxygen atoms in total. The van der Waals surface area contributed by atoms with Crippen LogP contribution in [0.4, 0.5) is 5.95 Å². The average Bonchev–Trinajstić information content (AvgIpc) is 2.63. The van der Waals surface area contributed by atoms with E-state index in [1.807, 2.05) is 12.1 Å². The average molecular weight is 325 g/mol. The normalized spacial score (nSPS) is 13.0. The van der Waals surface area contributed by atoms with Crippen LogP contribution in [0.25, 0.3) is 0 Å². The number of anilines is 1. The summed E-state index contributed by atoms with van der Waals surface area (Å²) < 4.78 is 1.20. The van der Waals surface area contributed by atoms with E-state index in [-0.39, 0.29) is 5.56 Å². The molecule has 1 aromatic heterocycles. The van der Waals surface area contributed by atoms with Crippen LogP contribution in [0.3, 0.4) is 0 Å². The van der Waals surface area contributed by atoms with E-state index < -0.39 is 0 Å². The highest BCUT2D eigenvalue weighted by Gasteiger charge is 2.19. The van der Waals surface area contributed by atoms with E-state index in [1.54, 1.807) is 12.1 Å². The first-order valence-electron chi connectivity index (χ1n) is 7.86. The largest absolute Gasteiger partial charge is 0.411 e. The molecule has 0 unspecified atom stereocenters. The van der Waals surface area contributed by atoms with Gasteiger partial charge in [-0.15, -0.1) is 4.73 Å². The lowest BCUT2D eigenvalue weighted by Crippen LogP contribution is -2.38. The van der Waals surface area contributed by atoms with Crippen molar-refractivity contribution in [3.8, 4) is 6.07 Å². The van der Waals surface area contributed by atoms with Gasteiger partial charge in [-0.1, -0.05) is 12.1 Å². The smallest absolute Gasteiger partial charge is 0.292 e. The van der Waals surface area contributed by atoms with Gasteiger partial charge in [-0.2, -0.15) is 5.26 Å². The molecule has 124 valence electrons. The minimum absolute atomic E-state index is 0.171. The van der Waals surface area contributed by atoms with Crippen molar-refractivity contribution in [3.05, 3.63) is 57.0 Å². The molecule has 7 heteroatoms. The standard InChI is InChI=1S/C17H19N5O2/c1-24-22-16(23)14-11-19-8-7-15(14)21-17(22)20-9-6-12-2-4-13(10-18)5-3-12/h2-5,19H,6-9,11H2,1H3,(H,20,21). The van der Waals surface area contributed by atoms with E-state index in [2.05, 4.69) is 21.7 Å². The van der Waals surface area contributed by atoms with Crippen LogP contribution >= 0.6 is 0 Å². The minimum Gasteiger partial charge on any atom is -0.411 e. The van der Waals surface area contributed by atoms with Gasteiger partial charge in [0.2, 0.25) is 5.95 Å². The Morgan fingerprint density at radius 2 is 2.21 bits per heavy atom. The third-order valence-electron chi connectivity index (χ3n) is 4.03. The maximum absolute atomic E-state index is 12.5. The summed E-state index contributed by atoms with van der Waals surface area (Å²) in [5, 5.41) is 15.2. The predicted molar refractivity (Wildman–Crippen MR) is 89.8 cm³/mol. The molecule has 0 bridgehead atoms. The Morgan fingerprint density at radius 1 is 1.42 bits per heavy atom. The maximum atomic E-state index is 12.5. The van der Waals surface area contributed by atoms with E-state index in [4.69, 9.17) is 10.1 Å². The van der Waals surface area contributed by atoms with Crippen molar-refractivity contribution in [1.82, 2.24) is 15.0 Å². The molecule has 2 heterocycles. The number of nitrogens with zero attached hydrogens (tertiary/aromatic N) is 3. The first-order chi connectivity index (χ1) is 11.7. The molecule has 0 spiro atoms. The molecule has 1 aliphatic heterocycles. The zero-order chi connectivity index (χ0) is 16.9. The number of aromatic nitrogens is 2. The predicted octanol–water partition coefficient (Wildman–Crippen LogP) is 0.474. The van der Waals surface area contributed by atoms with Crippen molar-refractivity contribution < 1.29 is 4.84 Å². The molecule has 0 atom stereocenters. The van der Waals surface area contributed by atoms with Crippen molar-refractivity contribution in [2.24, 2.45) is 0 Å². The number of nitrogens with one attached hydrogen (secondary N) is 2. The molecule has 2 N–H and O–H groups in total. The molecule has 0 amide bonds. The van der Waals surface area contributed by atoms with Crippen LogP contribution < -0.4 is 21.0 Å². The molecule has 1 aliphatic rings. The molecule has 0 aliphatic carbocycles. The maximum Gasteiger partial charge on any atom is 0.292 e. The Balaban J connectivity index is 1.73.